The summed E-state index contributed by atoms with van der Waals surface area (Å²) in [5, 5.41) is 7.78. The fraction of sp³-hybridized carbons (Fsp3) is 0.111. The highest BCUT2D eigenvalue weighted by Gasteiger charge is 2.48. The van der Waals surface area contributed by atoms with E-state index in [1.54, 1.807) is 16.7 Å². The van der Waals surface area contributed by atoms with E-state index in [1.165, 1.54) is 77.7 Å². The Morgan fingerprint density at radius 3 is 1.84 bits per heavy atom. The lowest BCUT2D eigenvalue weighted by atomic mass is 9.76. The molecule has 0 amide bonds. The Morgan fingerprint density at radius 1 is 0.467 bits per heavy atom. The Bertz CT molecular complexity index is 2360. The molecule has 10 rings (SSSR count). The van der Waals surface area contributed by atoms with Gasteiger partial charge in [0.05, 0.1) is 0 Å². The standard InChI is InChI=1S/C45H32/c1-2-12-29-25-32(24-23-28(29)11-1)44-39-19-7-5-17-37(39)43(38-18-6-8-20-40(38)44)31-14-9-13-30(26-31)33-21-10-22-36-34-15-3-4-16-35(34)41-27-42(41)45(33)36/h1-9,11-21,23-26,41-42H,10,22,27H2. The van der Waals surface area contributed by atoms with Crippen molar-refractivity contribution in [3.05, 3.63) is 168 Å². The van der Waals surface area contributed by atoms with Crippen LogP contribution in [0.15, 0.2) is 151 Å². The van der Waals surface area contributed by atoms with Gasteiger partial charge in [0.1, 0.15) is 0 Å². The molecule has 0 heterocycles. The number of hydrogen-bond acceptors (Lipinski definition) is 0. The SMILES string of the molecule is C1=C(c2cccc(-c3c4ccccc4c(-c4ccc5ccccc5c4)c4ccccc34)c2)C2=C(CC1)c1ccccc1C1CC21. The molecule has 45 heavy (non-hydrogen) atoms. The van der Waals surface area contributed by atoms with E-state index in [4.69, 9.17) is 0 Å². The van der Waals surface area contributed by atoms with E-state index >= 15 is 0 Å². The van der Waals surface area contributed by atoms with E-state index < -0.39 is 0 Å². The zero-order chi connectivity index (χ0) is 29.5. The van der Waals surface area contributed by atoms with Crippen LogP contribution in [0.5, 0.6) is 0 Å². The topological polar surface area (TPSA) is 0 Å². The van der Waals surface area contributed by atoms with Gasteiger partial charge in [0.2, 0.25) is 0 Å². The van der Waals surface area contributed by atoms with Crippen molar-refractivity contribution < 1.29 is 0 Å². The van der Waals surface area contributed by atoms with Gasteiger partial charge in [-0.2, -0.15) is 0 Å². The van der Waals surface area contributed by atoms with Crippen LogP contribution in [-0.4, -0.2) is 0 Å². The molecule has 0 N–H and O–H groups in total. The molecule has 0 nitrogen and oxygen atoms in total. The fourth-order valence-electron chi connectivity index (χ4n) is 8.64. The molecule has 0 aromatic heterocycles. The minimum Gasteiger partial charge on any atom is -0.0760 e. The number of benzene rings is 7. The Kier molecular flexibility index (Phi) is 5.39. The molecule has 7 aromatic carbocycles. The third kappa shape index (κ3) is 3.79. The summed E-state index contributed by atoms with van der Waals surface area (Å²) in [7, 11) is 0. The van der Waals surface area contributed by atoms with Crippen molar-refractivity contribution in [2.45, 2.75) is 25.2 Å². The van der Waals surface area contributed by atoms with Gasteiger partial charge >= 0.3 is 0 Å². The molecule has 3 aliphatic carbocycles. The van der Waals surface area contributed by atoms with Gasteiger partial charge < -0.3 is 0 Å². The summed E-state index contributed by atoms with van der Waals surface area (Å²) in [6, 6.07) is 52.2. The van der Waals surface area contributed by atoms with Crippen LogP contribution in [-0.2, 0) is 0 Å². The molecule has 2 atom stereocenters. The predicted molar refractivity (Wildman–Crippen MR) is 191 cm³/mol. The molecule has 0 bridgehead atoms. The molecular weight excluding hydrogens is 540 g/mol. The molecule has 7 aromatic rings. The van der Waals surface area contributed by atoms with Gasteiger partial charge in [-0.1, -0.05) is 133 Å². The number of fused-ring (bicyclic) bond motifs is 8. The minimum absolute atomic E-state index is 0.674. The van der Waals surface area contributed by atoms with Crippen LogP contribution in [0.1, 0.15) is 41.9 Å². The zero-order valence-corrected chi connectivity index (χ0v) is 25.1. The first-order valence-corrected chi connectivity index (χ1v) is 16.4. The van der Waals surface area contributed by atoms with E-state index in [0.717, 1.165) is 12.8 Å². The molecule has 0 radical (unpaired) electrons. The van der Waals surface area contributed by atoms with E-state index in [-0.39, 0.29) is 0 Å². The molecule has 2 unspecified atom stereocenters. The van der Waals surface area contributed by atoms with E-state index in [1.807, 2.05) is 0 Å². The van der Waals surface area contributed by atoms with Gasteiger partial charge in [0.25, 0.3) is 0 Å². The lowest BCUT2D eigenvalue weighted by Crippen LogP contribution is -2.09. The van der Waals surface area contributed by atoms with E-state index in [9.17, 15) is 0 Å². The normalized spacial score (nSPS) is 18.4. The molecule has 212 valence electrons. The van der Waals surface area contributed by atoms with Crippen molar-refractivity contribution in [3.8, 4) is 22.3 Å². The highest BCUT2D eigenvalue weighted by Crippen LogP contribution is 2.63. The highest BCUT2D eigenvalue weighted by molar-refractivity contribution is 6.21. The molecule has 0 aliphatic heterocycles. The Labute approximate surface area is 264 Å². The molecule has 0 spiro atoms. The first-order valence-electron chi connectivity index (χ1n) is 16.4. The van der Waals surface area contributed by atoms with Crippen molar-refractivity contribution in [3.63, 3.8) is 0 Å². The van der Waals surface area contributed by atoms with Crippen LogP contribution in [0.25, 0.3) is 65.7 Å². The van der Waals surface area contributed by atoms with Crippen LogP contribution in [0.2, 0.25) is 0 Å². The van der Waals surface area contributed by atoms with Crippen LogP contribution < -0.4 is 0 Å². The van der Waals surface area contributed by atoms with Crippen LogP contribution in [0.4, 0.5) is 0 Å². The summed E-state index contributed by atoms with van der Waals surface area (Å²) in [5.41, 5.74) is 14.4. The number of hydrogen-bond donors (Lipinski definition) is 0. The van der Waals surface area contributed by atoms with Crippen molar-refractivity contribution in [1.29, 1.82) is 0 Å². The minimum atomic E-state index is 0.674. The van der Waals surface area contributed by atoms with Crippen molar-refractivity contribution in [2.75, 3.05) is 0 Å². The van der Waals surface area contributed by atoms with Gasteiger partial charge in [0, 0.05) is 0 Å². The zero-order valence-electron chi connectivity index (χ0n) is 25.1. The quantitative estimate of drug-likeness (QED) is 0.185. The molecule has 0 saturated heterocycles. The third-order valence-corrected chi connectivity index (χ3v) is 10.6. The number of allylic oxidation sites excluding steroid dienone is 4. The maximum absolute atomic E-state index is 2.53. The molecule has 0 heteroatoms. The summed E-state index contributed by atoms with van der Waals surface area (Å²) in [6.45, 7) is 0. The first-order chi connectivity index (χ1) is 22.3. The summed E-state index contributed by atoms with van der Waals surface area (Å²) in [6.07, 6.45) is 6.08. The summed E-state index contributed by atoms with van der Waals surface area (Å²) < 4.78 is 0. The Balaban J connectivity index is 1.18. The first kappa shape index (κ1) is 25.2. The van der Waals surface area contributed by atoms with Crippen molar-refractivity contribution in [1.82, 2.24) is 0 Å². The van der Waals surface area contributed by atoms with Crippen LogP contribution >= 0.6 is 0 Å². The second kappa shape index (κ2) is 9.65. The Morgan fingerprint density at radius 2 is 1.09 bits per heavy atom. The smallest absolute Gasteiger partial charge is 0.00262 e. The molecular formula is C45H32. The van der Waals surface area contributed by atoms with E-state index in [0.29, 0.717) is 11.8 Å². The highest BCUT2D eigenvalue weighted by atomic mass is 14.5. The summed E-state index contributed by atoms with van der Waals surface area (Å²) in [5.74, 6) is 1.37. The predicted octanol–water partition coefficient (Wildman–Crippen LogP) is 12.2. The van der Waals surface area contributed by atoms with Crippen molar-refractivity contribution >= 4 is 43.5 Å². The third-order valence-electron chi connectivity index (χ3n) is 10.6. The lowest BCUT2D eigenvalue weighted by Gasteiger charge is -2.28. The average molecular weight is 573 g/mol. The van der Waals surface area contributed by atoms with Gasteiger partial charge in [-0.3, -0.25) is 0 Å². The van der Waals surface area contributed by atoms with E-state index in [2.05, 4.69) is 146 Å². The largest absolute Gasteiger partial charge is 0.0760 e. The molecule has 1 fully saturated rings. The maximum atomic E-state index is 2.53. The lowest BCUT2D eigenvalue weighted by molar-refractivity contribution is 0.905. The van der Waals surface area contributed by atoms with Gasteiger partial charge in [-0.25, -0.2) is 0 Å². The molecule has 1 saturated carbocycles. The Hall–Kier alpha value is -5.20. The average Bonchev–Trinajstić information content (AvgIpc) is 3.92. The number of rotatable bonds is 3. The monoisotopic (exact) mass is 572 g/mol. The van der Waals surface area contributed by atoms with Gasteiger partial charge in [0.15, 0.2) is 0 Å². The molecule has 3 aliphatic rings. The second-order valence-electron chi connectivity index (χ2n) is 13.1. The van der Waals surface area contributed by atoms with Gasteiger partial charge in [-0.05, 0) is 131 Å². The second-order valence-corrected chi connectivity index (χ2v) is 13.1. The summed E-state index contributed by atoms with van der Waals surface area (Å²) >= 11 is 0. The fourth-order valence-corrected chi connectivity index (χ4v) is 8.64. The van der Waals surface area contributed by atoms with Crippen LogP contribution in [0.3, 0.4) is 0 Å². The summed E-state index contributed by atoms with van der Waals surface area (Å²) in [4.78, 5) is 0. The maximum Gasteiger partial charge on any atom is -0.00262 e. The van der Waals surface area contributed by atoms with Crippen LogP contribution in [0, 0.1) is 5.92 Å². The van der Waals surface area contributed by atoms with Crippen molar-refractivity contribution in [2.24, 2.45) is 5.92 Å². The van der Waals surface area contributed by atoms with Gasteiger partial charge in [-0.15, -0.1) is 0 Å².